The number of amides is 2. The average Bonchev–Trinajstić information content (AvgIpc) is 2.53. The van der Waals surface area contributed by atoms with Crippen LogP contribution in [0.1, 0.15) is 32.8 Å². The van der Waals surface area contributed by atoms with Crippen LogP contribution in [0.5, 0.6) is 0 Å². The highest BCUT2D eigenvalue weighted by Gasteiger charge is 2.30. The van der Waals surface area contributed by atoms with Crippen molar-refractivity contribution in [1.29, 1.82) is 0 Å². The van der Waals surface area contributed by atoms with E-state index in [0.717, 1.165) is 5.56 Å². The van der Waals surface area contributed by atoms with Crippen molar-refractivity contribution in [1.82, 2.24) is 10.6 Å². The Morgan fingerprint density at radius 3 is 2.38 bits per heavy atom. The van der Waals surface area contributed by atoms with Crippen molar-refractivity contribution < 1.29 is 23.9 Å². The summed E-state index contributed by atoms with van der Waals surface area (Å²) in [5.41, 5.74) is -0.313. The second-order valence-electron chi connectivity index (χ2n) is 5.62. The van der Waals surface area contributed by atoms with Crippen molar-refractivity contribution in [2.45, 2.75) is 39.3 Å². The summed E-state index contributed by atoms with van der Waals surface area (Å²) in [6.45, 7) is 5.37. The molecule has 0 bridgehead atoms. The van der Waals surface area contributed by atoms with Gasteiger partial charge in [0.1, 0.15) is 12.1 Å². The maximum absolute atomic E-state index is 12.1. The predicted octanol–water partition coefficient (Wildman–Crippen LogP) is 1.76. The zero-order valence-corrected chi connectivity index (χ0v) is 14.3. The Labute approximate surface area is 141 Å². The lowest BCUT2D eigenvalue weighted by molar-refractivity contribution is -0.143. The minimum atomic E-state index is -1.16. The largest absolute Gasteiger partial charge is 0.466 e. The maximum atomic E-state index is 12.1. The quantitative estimate of drug-likeness (QED) is 0.706. The van der Waals surface area contributed by atoms with Gasteiger partial charge in [0.25, 0.3) is 0 Å². The molecule has 132 valence electrons. The Bertz CT molecular complexity index is 557. The van der Waals surface area contributed by atoms with Gasteiger partial charge < -0.3 is 20.1 Å². The second-order valence-corrected chi connectivity index (χ2v) is 5.62. The number of ether oxygens (including phenoxy) is 2. The van der Waals surface area contributed by atoms with Crippen LogP contribution in [0.25, 0.3) is 0 Å². The van der Waals surface area contributed by atoms with Crippen LogP contribution >= 0.6 is 0 Å². The number of hydrogen-bond donors (Lipinski definition) is 2. The van der Waals surface area contributed by atoms with Gasteiger partial charge in [0.05, 0.1) is 13.0 Å². The summed E-state index contributed by atoms with van der Waals surface area (Å²) < 4.78 is 9.85. The van der Waals surface area contributed by atoms with E-state index in [4.69, 9.17) is 9.47 Å². The summed E-state index contributed by atoms with van der Waals surface area (Å²) in [5, 5.41) is 5.08. The minimum absolute atomic E-state index is 0.0775. The van der Waals surface area contributed by atoms with E-state index in [1.807, 2.05) is 30.3 Å². The molecule has 0 aliphatic heterocycles. The van der Waals surface area contributed by atoms with Gasteiger partial charge in [0.2, 0.25) is 5.91 Å². The first-order valence-electron chi connectivity index (χ1n) is 7.78. The molecule has 0 saturated carbocycles. The fourth-order valence-corrected chi connectivity index (χ4v) is 1.80. The lowest BCUT2D eigenvalue weighted by Crippen LogP contribution is -2.55. The van der Waals surface area contributed by atoms with Crippen LogP contribution < -0.4 is 10.6 Å². The first-order chi connectivity index (χ1) is 11.3. The molecule has 24 heavy (non-hydrogen) atoms. The molecule has 0 unspecified atom stereocenters. The van der Waals surface area contributed by atoms with Gasteiger partial charge in [-0.2, -0.15) is 0 Å². The van der Waals surface area contributed by atoms with Crippen LogP contribution in [-0.4, -0.2) is 36.7 Å². The molecule has 0 spiro atoms. The number of rotatable bonds is 8. The Balaban J connectivity index is 2.36. The molecule has 0 saturated heterocycles. The molecular weight excluding hydrogens is 312 g/mol. The van der Waals surface area contributed by atoms with Gasteiger partial charge in [-0.05, 0) is 26.3 Å². The molecule has 0 fully saturated rings. The van der Waals surface area contributed by atoms with E-state index in [9.17, 15) is 14.4 Å². The third-order valence-electron chi connectivity index (χ3n) is 3.11. The van der Waals surface area contributed by atoms with Crippen molar-refractivity contribution in [3.8, 4) is 0 Å². The van der Waals surface area contributed by atoms with E-state index in [1.165, 1.54) is 0 Å². The van der Waals surface area contributed by atoms with Gasteiger partial charge in [0, 0.05) is 6.54 Å². The van der Waals surface area contributed by atoms with E-state index in [0.29, 0.717) is 6.61 Å². The van der Waals surface area contributed by atoms with Crippen molar-refractivity contribution in [3.05, 3.63) is 35.9 Å². The predicted molar refractivity (Wildman–Crippen MR) is 88.1 cm³/mol. The third kappa shape index (κ3) is 7.13. The Hall–Kier alpha value is -2.57. The van der Waals surface area contributed by atoms with Gasteiger partial charge in [0.15, 0.2) is 0 Å². The highest BCUT2D eigenvalue weighted by Crippen LogP contribution is 2.05. The second kappa shape index (κ2) is 9.54. The first kappa shape index (κ1) is 19.5. The summed E-state index contributed by atoms with van der Waals surface area (Å²) in [4.78, 5) is 35.1. The number of esters is 1. The smallest absolute Gasteiger partial charge is 0.408 e. The highest BCUT2D eigenvalue weighted by molar-refractivity contribution is 5.89. The van der Waals surface area contributed by atoms with Crippen molar-refractivity contribution >= 4 is 18.0 Å². The molecule has 0 atom stereocenters. The number of nitrogens with one attached hydrogen (secondary N) is 2. The zero-order chi connectivity index (χ0) is 18.0. The van der Waals surface area contributed by atoms with Crippen molar-refractivity contribution in [2.75, 3.05) is 13.2 Å². The van der Waals surface area contributed by atoms with Crippen molar-refractivity contribution in [3.63, 3.8) is 0 Å². The molecule has 7 nitrogen and oxygen atoms in total. The lowest BCUT2D eigenvalue weighted by atomic mass is 10.1. The SMILES string of the molecule is CCOC(=O)CCNC(=O)C(C)(C)NC(=O)OCc1ccccc1. The molecule has 2 N–H and O–H groups in total. The Morgan fingerprint density at radius 2 is 1.75 bits per heavy atom. The summed E-state index contributed by atoms with van der Waals surface area (Å²) in [6, 6.07) is 9.23. The molecule has 0 radical (unpaired) electrons. The molecule has 0 aliphatic rings. The molecule has 0 aromatic heterocycles. The minimum Gasteiger partial charge on any atom is -0.466 e. The summed E-state index contributed by atoms with van der Waals surface area (Å²) >= 11 is 0. The van der Waals surface area contributed by atoms with E-state index in [2.05, 4.69) is 10.6 Å². The number of carbonyl (C=O) groups is 3. The van der Waals surface area contributed by atoms with Crippen LogP contribution in [0, 0.1) is 0 Å². The van der Waals surface area contributed by atoms with E-state index in [1.54, 1.807) is 20.8 Å². The van der Waals surface area contributed by atoms with Gasteiger partial charge in [-0.15, -0.1) is 0 Å². The van der Waals surface area contributed by atoms with Gasteiger partial charge in [-0.3, -0.25) is 9.59 Å². The lowest BCUT2D eigenvalue weighted by Gasteiger charge is -2.24. The van der Waals surface area contributed by atoms with Gasteiger partial charge >= 0.3 is 12.1 Å². The monoisotopic (exact) mass is 336 g/mol. The number of hydrogen-bond acceptors (Lipinski definition) is 5. The average molecular weight is 336 g/mol. The normalized spacial score (nSPS) is 10.6. The van der Waals surface area contributed by atoms with Crippen LogP contribution in [0.3, 0.4) is 0 Å². The molecular formula is C17H24N2O5. The molecule has 1 rings (SSSR count). The molecule has 1 aromatic carbocycles. The van der Waals surface area contributed by atoms with E-state index >= 15 is 0 Å². The van der Waals surface area contributed by atoms with Gasteiger partial charge in [-0.25, -0.2) is 4.79 Å². The van der Waals surface area contributed by atoms with Crippen LogP contribution in [0.15, 0.2) is 30.3 Å². The Kier molecular flexibility index (Phi) is 7.74. The number of alkyl carbamates (subject to hydrolysis) is 1. The van der Waals surface area contributed by atoms with Crippen LogP contribution in [-0.2, 0) is 25.7 Å². The fraction of sp³-hybridized carbons (Fsp3) is 0.471. The zero-order valence-electron chi connectivity index (χ0n) is 14.3. The van der Waals surface area contributed by atoms with Crippen molar-refractivity contribution in [2.24, 2.45) is 0 Å². The molecule has 2 amide bonds. The number of carbonyl (C=O) groups excluding carboxylic acids is 3. The molecule has 1 aromatic rings. The van der Waals surface area contributed by atoms with E-state index < -0.39 is 17.5 Å². The topological polar surface area (TPSA) is 93.7 Å². The summed E-state index contributed by atoms with van der Waals surface area (Å²) in [5.74, 6) is -0.797. The molecule has 0 heterocycles. The standard InChI is InChI=1S/C17H24N2O5/c1-4-23-14(20)10-11-18-15(21)17(2,3)19-16(22)24-12-13-8-6-5-7-9-13/h5-9H,4,10-12H2,1-3H3,(H,18,21)(H,19,22). The number of benzene rings is 1. The summed E-state index contributed by atoms with van der Waals surface area (Å²) in [7, 11) is 0. The maximum Gasteiger partial charge on any atom is 0.408 e. The summed E-state index contributed by atoms with van der Waals surface area (Å²) in [6.07, 6.45) is -0.613. The fourth-order valence-electron chi connectivity index (χ4n) is 1.80. The highest BCUT2D eigenvalue weighted by atomic mass is 16.5. The van der Waals surface area contributed by atoms with E-state index in [-0.39, 0.29) is 25.5 Å². The first-order valence-corrected chi connectivity index (χ1v) is 7.78. The molecule has 0 aliphatic carbocycles. The van der Waals surface area contributed by atoms with Gasteiger partial charge in [-0.1, -0.05) is 30.3 Å². The molecule has 7 heteroatoms. The van der Waals surface area contributed by atoms with Crippen LogP contribution in [0.2, 0.25) is 0 Å². The van der Waals surface area contributed by atoms with Crippen LogP contribution in [0.4, 0.5) is 4.79 Å². The third-order valence-corrected chi connectivity index (χ3v) is 3.11. The Morgan fingerprint density at radius 1 is 1.08 bits per heavy atom.